The zero-order valence-electron chi connectivity index (χ0n) is 8.55. The fraction of sp³-hybridized carbons (Fsp3) is 1.00. The molecule has 1 saturated heterocycles. The Bertz CT molecular complexity index is 117. The van der Waals surface area contributed by atoms with Gasteiger partial charge in [0, 0.05) is 25.4 Å². The molecule has 1 rings (SSSR count). The van der Waals surface area contributed by atoms with Crippen molar-refractivity contribution < 1.29 is 0 Å². The molecule has 12 heavy (non-hydrogen) atoms. The Morgan fingerprint density at radius 2 is 1.83 bits per heavy atom. The van der Waals surface area contributed by atoms with Crippen molar-refractivity contribution in [3.05, 3.63) is 0 Å². The predicted octanol–water partition coefficient (Wildman–Crippen LogP) is 2.33. The highest BCUT2D eigenvalue weighted by Gasteiger charge is 2.24. The summed E-state index contributed by atoms with van der Waals surface area (Å²) in [5, 5.41) is 0. The summed E-state index contributed by atoms with van der Waals surface area (Å²) in [5.41, 5.74) is 0. The van der Waals surface area contributed by atoms with Crippen LogP contribution in [0.1, 0.15) is 20.8 Å². The van der Waals surface area contributed by atoms with Crippen LogP contribution in [0.3, 0.4) is 0 Å². The number of nitrogens with zero attached hydrogens (tertiary/aromatic N) is 1. The van der Waals surface area contributed by atoms with Gasteiger partial charge in [-0.2, -0.15) is 11.8 Å². The van der Waals surface area contributed by atoms with Gasteiger partial charge < -0.3 is 4.90 Å². The van der Waals surface area contributed by atoms with E-state index >= 15 is 0 Å². The van der Waals surface area contributed by atoms with E-state index in [1.165, 1.54) is 31.1 Å². The number of likely N-dealkylation sites (tertiary alicyclic amines) is 1. The quantitative estimate of drug-likeness (QED) is 0.621. The third-order valence-corrected chi connectivity index (χ3v) is 3.70. The van der Waals surface area contributed by atoms with Crippen molar-refractivity contribution in [1.82, 2.24) is 4.90 Å². The summed E-state index contributed by atoms with van der Waals surface area (Å²) in [6.07, 6.45) is 0. The maximum Gasteiger partial charge on any atom is 0.00726 e. The van der Waals surface area contributed by atoms with Gasteiger partial charge in [0.1, 0.15) is 0 Å². The Hall–Kier alpha value is 0.310. The van der Waals surface area contributed by atoms with E-state index in [0.29, 0.717) is 0 Å². The second-order valence-electron chi connectivity index (χ2n) is 3.91. The van der Waals surface area contributed by atoms with Gasteiger partial charge in [-0.25, -0.2) is 0 Å². The van der Waals surface area contributed by atoms with Crippen molar-refractivity contribution in [1.29, 1.82) is 0 Å². The highest BCUT2D eigenvalue weighted by Crippen LogP contribution is 2.21. The number of hydrogen-bond donors (Lipinski definition) is 0. The number of hydrogen-bond acceptors (Lipinski definition) is 2. The lowest BCUT2D eigenvalue weighted by molar-refractivity contribution is 0.345. The maximum absolute atomic E-state index is 2.61. The molecular weight excluding hydrogens is 166 g/mol. The molecule has 0 spiro atoms. The average Bonchev–Trinajstić information content (AvgIpc) is 2.32. The molecule has 0 radical (unpaired) electrons. The number of rotatable bonds is 4. The molecule has 0 aromatic rings. The minimum absolute atomic E-state index is 0.914. The molecule has 0 amide bonds. The summed E-state index contributed by atoms with van der Waals surface area (Å²) in [6.45, 7) is 10.9. The molecule has 0 saturated carbocycles. The van der Waals surface area contributed by atoms with Crippen LogP contribution in [0.15, 0.2) is 0 Å². The van der Waals surface area contributed by atoms with Crippen LogP contribution in [0.25, 0.3) is 0 Å². The Balaban J connectivity index is 2.10. The summed E-state index contributed by atoms with van der Waals surface area (Å²) in [7, 11) is 0. The second-order valence-corrected chi connectivity index (χ2v) is 5.30. The Labute approximate surface area is 80.9 Å². The highest BCUT2D eigenvalue weighted by molar-refractivity contribution is 7.99. The van der Waals surface area contributed by atoms with E-state index < -0.39 is 0 Å². The third-order valence-electron chi connectivity index (χ3n) is 2.82. The van der Waals surface area contributed by atoms with E-state index in [0.717, 1.165) is 11.8 Å². The van der Waals surface area contributed by atoms with Gasteiger partial charge in [0.15, 0.2) is 0 Å². The van der Waals surface area contributed by atoms with Gasteiger partial charge in [-0.1, -0.05) is 20.8 Å². The molecule has 1 heterocycles. The molecule has 0 aromatic carbocycles. The van der Waals surface area contributed by atoms with Gasteiger partial charge in [-0.15, -0.1) is 0 Å². The maximum atomic E-state index is 2.61. The fourth-order valence-electron chi connectivity index (χ4n) is 1.77. The Morgan fingerprint density at radius 1 is 1.25 bits per heavy atom. The van der Waals surface area contributed by atoms with Crippen LogP contribution in [0.4, 0.5) is 0 Å². The van der Waals surface area contributed by atoms with Crippen molar-refractivity contribution in [2.45, 2.75) is 20.8 Å². The summed E-state index contributed by atoms with van der Waals surface area (Å²) >= 11 is 2.06. The first-order chi connectivity index (χ1) is 5.74. The minimum atomic E-state index is 0.914. The third kappa shape index (κ3) is 2.98. The van der Waals surface area contributed by atoms with Gasteiger partial charge in [0.2, 0.25) is 0 Å². The van der Waals surface area contributed by atoms with E-state index in [2.05, 4.69) is 37.4 Å². The van der Waals surface area contributed by atoms with Crippen molar-refractivity contribution in [2.24, 2.45) is 11.8 Å². The fourth-order valence-corrected chi connectivity index (χ4v) is 2.45. The van der Waals surface area contributed by atoms with Crippen molar-refractivity contribution in [3.63, 3.8) is 0 Å². The minimum Gasteiger partial charge on any atom is -0.302 e. The molecule has 1 aliphatic heterocycles. The molecule has 0 bridgehead atoms. The van der Waals surface area contributed by atoms with Crippen LogP contribution in [-0.4, -0.2) is 36.0 Å². The van der Waals surface area contributed by atoms with E-state index in [-0.39, 0.29) is 0 Å². The first kappa shape index (κ1) is 10.4. The molecule has 1 nitrogen and oxygen atoms in total. The lowest BCUT2D eigenvalue weighted by atomic mass is 10.0. The van der Waals surface area contributed by atoms with Crippen molar-refractivity contribution >= 4 is 11.8 Å². The first-order valence-corrected chi connectivity index (χ1v) is 6.19. The van der Waals surface area contributed by atoms with Crippen molar-refractivity contribution in [2.75, 3.05) is 31.1 Å². The molecular formula is C10H21NS. The SMILES string of the molecule is CCSCCN1CC(C)C(C)C1. The molecule has 1 aliphatic rings. The largest absolute Gasteiger partial charge is 0.302 e. The summed E-state index contributed by atoms with van der Waals surface area (Å²) in [5.74, 6) is 4.41. The Morgan fingerprint density at radius 3 is 2.33 bits per heavy atom. The van der Waals surface area contributed by atoms with Crippen LogP contribution < -0.4 is 0 Å². The molecule has 2 heteroatoms. The van der Waals surface area contributed by atoms with Gasteiger partial charge in [-0.3, -0.25) is 0 Å². The lowest BCUT2D eigenvalue weighted by Gasteiger charge is -2.14. The van der Waals surface area contributed by atoms with Gasteiger partial charge >= 0.3 is 0 Å². The standard InChI is InChI=1S/C10H21NS/c1-4-12-6-5-11-7-9(2)10(3)8-11/h9-10H,4-8H2,1-3H3. The second kappa shape index (κ2) is 5.13. The zero-order chi connectivity index (χ0) is 8.97. The van der Waals surface area contributed by atoms with E-state index in [1.54, 1.807) is 0 Å². The van der Waals surface area contributed by atoms with Gasteiger partial charge in [0.25, 0.3) is 0 Å². The zero-order valence-corrected chi connectivity index (χ0v) is 9.36. The smallest absolute Gasteiger partial charge is 0.00726 e. The molecule has 72 valence electrons. The van der Waals surface area contributed by atoms with Crippen LogP contribution in [0, 0.1) is 11.8 Å². The number of thioether (sulfide) groups is 1. The van der Waals surface area contributed by atoms with E-state index in [4.69, 9.17) is 0 Å². The topological polar surface area (TPSA) is 3.24 Å². The van der Waals surface area contributed by atoms with Crippen LogP contribution >= 0.6 is 11.8 Å². The Kier molecular flexibility index (Phi) is 4.44. The van der Waals surface area contributed by atoms with Gasteiger partial charge in [-0.05, 0) is 17.6 Å². The normalized spacial score (nSPS) is 31.2. The molecule has 0 N–H and O–H groups in total. The first-order valence-electron chi connectivity index (χ1n) is 5.04. The molecule has 0 aromatic heterocycles. The molecule has 2 unspecified atom stereocenters. The molecule has 2 atom stereocenters. The molecule has 1 fully saturated rings. The highest BCUT2D eigenvalue weighted by atomic mass is 32.2. The van der Waals surface area contributed by atoms with E-state index in [1.807, 2.05) is 0 Å². The average molecular weight is 187 g/mol. The van der Waals surface area contributed by atoms with Crippen LogP contribution in [0.2, 0.25) is 0 Å². The van der Waals surface area contributed by atoms with Gasteiger partial charge in [0.05, 0.1) is 0 Å². The summed E-state index contributed by atoms with van der Waals surface area (Å²) in [6, 6.07) is 0. The predicted molar refractivity (Wildman–Crippen MR) is 57.8 cm³/mol. The summed E-state index contributed by atoms with van der Waals surface area (Å²) < 4.78 is 0. The summed E-state index contributed by atoms with van der Waals surface area (Å²) in [4.78, 5) is 2.61. The van der Waals surface area contributed by atoms with Crippen molar-refractivity contribution in [3.8, 4) is 0 Å². The van der Waals surface area contributed by atoms with Crippen LogP contribution in [0.5, 0.6) is 0 Å². The monoisotopic (exact) mass is 187 g/mol. The van der Waals surface area contributed by atoms with Crippen LogP contribution in [-0.2, 0) is 0 Å². The lowest BCUT2D eigenvalue weighted by Crippen LogP contribution is -2.23. The molecule has 0 aliphatic carbocycles. The van der Waals surface area contributed by atoms with E-state index in [9.17, 15) is 0 Å².